The van der Waals surface area contributed by atoms with Crippen molar-refractivity contribution in [1.29, 1.82) is 0 Å². The Balaban J connectivity index is 2.02. The van der Waals surface area contributed by atoms with Crippen LogP contribution in [-0.4, -0.2) is 34.2 Å². The number of piperidine rings is 1. The second-order valence-corrected chi connectivity index (χ2v) is 4.67. The molecule has 1 saturated heterocycles. The summed E-state index contributed by atoms with van der Waals surface area (Å²) in [5, 5.41) is 9.34. The van der Waals surface area contributed by atoms with E-state index in [2.05, 4.69) is 22.9 Å². The maximum atomic E-state index is 9.34. The van der Waals surface area contributed by atoms with Gasteiger partial charge in [-0.05, 0) is 37.4 Å². The Labute approximate surface area is 97.1 Å². The van der Waals surface area contributed by atoms with Crippen molar-refractivity contribution in [1.82, 2.24) is 9.88 Å². The van der Waals surface area contributed by atoms with Crippen LogP contribution in [0.3, 0.4) is 0 Å². The largest absolute Gasteiger partial charge is 0.395 e. The van der Waals surface area contributed by atoms with Crippen LogP contribution in [0.1, 0.15) is 30.4 Å². The van der Waals surface area contributed by atoms with Crippen LogP contribution in [-0.2, 0) is 6.54 Å². The molecular formula is C13H20N2O. The number of aromatic nitrogens is 1. The Morgan fingerprint density at radius 1 is 1.44 bits per heavy atom. The predicted octanol–water partition coefficient (Wildman–Crippen LogP) is 1.74. The Morgan fingerprint density at radius 2 is 2.31 bits per heavy atom. The van der Waals surface area contributed by atoms with Gasteiger partial charge in [-0.3, -0.25) is 9.88 Å². The summed E-state index contributed by atoms with van der Waals surface area (Å²) in [5.74, 6) is 0. The van der Waals surface area contributed by atoms with E-state index < -0.39 is 0 Å². The molecule has 1 unspecified atom stereocenters. The highest BCUT2D eigenvalue weighted by Gasteiger charge is 2.21. The van der Waals surface area contributed by atoms with E-state index in [-0.39, 0.29) is 6.61 Å². The van der Waals surface area contributed by atoms with Gasteiger partial charge >= 0.3 is 0 Å². The van der Waals surface area contributed by atoms with Gasteiger partial charge in [-0.1, -0.05) is 12.5 Å². The first kappa shape index (κ1) is 11.6. The molecule has 1 atom stereocenters. The SMILES string of the molecule is Cc1cncc(CN2CCCCC2CO)c1. The zero-order chi connectivity index (χ0) is 11.4. The molecule has 2 rings (SSSR count). The summed E-state index contributed by atoms with van der Waals surface area (Å²) in [5.41, 5.74) is 2.45. The molecule has 3 nitrogen and oxygen atoms in total. The van der Waals surface area contributed by atoms with Crippen molar-refractivity contribution in [2.24, 2.45) is 0 Å². The summed E-state index contributed by atoms with van der Waals surface area (Å²) in [6, 6.07) is 2.52. The monoisotopic (exact) mass is 220 g/mol. The molecule has 16 heavy (non-hydrogen) atoms. The van der Waals surface area contributed by atoms with Gasteiger partial charge in [0, 0.05) is 25.0 Å². The maximum absolute atomic E-state index is 9.34. The van der Waals surface area contributed by atoms with Crippen LogP contribution in [0.5, 0.6) is 0 Å². The first-order valence-corrected chi connectivity index (χ1v) is 6.05. The van der Waals surface area contributed by atoms with Gasteiger partial charge in [0.2, 0.25) is 0 Å². The Kier molecular flexibility index (Phi) is 3.91. The third-order valence-electron chi connectivity index (χ3n) is 3.28. The van der Waals surface area contributed by atoms with E-state index >= 15 is 0 Å². The number of likely N-dealkylation sites (tertiary alicyclic amines) is 1. The van der Waals surface area contributed by atoms with Crippen molar-refractivity contribution in [3.63, 3.8) is 0 Å². The van der Waals surface area contributed by atoms with E-state index in [1.165, 1.54) is 24.0 Å². The van der Waals surface area contributed by atoms with Crippen LogP contribution in [0.4, 0.5) is 0 Å². The molecular weight excluding hydrogens is 200 g/mol. The smallest absolute Gasteiger partial charge is 0.0586 e. The molecule has 1 aromatic rings. The third kappa shape index (κ3) is 2.80. The van der Waals surface area contributed by atoms with E-state index in [0.717, 1.165) is 19.5 Å². The summed E-state index contributed by atoms with van der Waals surface area (Å²) >= 11 is 0. The number of aliphatic hydroxyl groups excluding tert-OH is 1. The van der Waals surface area contributed by atoms with Crippen LogP contribution in [0.25, 0.3) is 0 Å². The lowest BCUT2D eigenvalue weighted by Gasteiger charge is -2.34. The zero-order valence-corrected chi connectivity index (χ0v) is 9.89. The third-order valence-corrected chi connectivity index (χ3v) is 3.28. The van der Waals surface area contributed by atoms with Crippen molar-refractivity contribution in [2.45, 2.75) is 38.8 Å². The lowest BCUT2D eigenvalue weighted by molar-refractivity contribution is 0.0840. The van der Waals surface area contributed by atoms with E-state index in [4.69, 9.17) is 0 Å². The van der Waals surface area contributed by atoms with Gasteiger partial charge in [0.1, 0.15) is 0 Å². The second-order valence-electron chi connectivity index (χ2n) is 4.67. The van der Waals surface area contributed by atoms with Gasteiger partial charge in [0.05, 0.1) is 6.61 Å². The lowest BCUT2D eigenvalue weighted by atomic mass is 10.0. The highest BCUT2D eigenvalue weighted by Crippen LogP contribution is 2.19. The molecule has 88 valence electrons. The number of nitrogens with zero attached hydrogens (tertiary/aromatic N) is 2. The van der Waals surface area contributed by atoms with Gasteiger partial charge in [0.25, 0.3) is 0 Å². The van der Waals surface area contributed by atoms with Crippen molar-refractivity contribution in [3.05, 3.63) is 29.6 Å². The molecule has 3 heteroatoms. The molecule has 0 saturated carbocycles. The Morgan fingerprint density at radius 3 is 3.06 bits per heavy atom. The molecule has 0 spiro atoms. The van der Waals surface area contributed by atoms with Crippen LogP contribution >= 0.6 is 0 Å². The van der Waals surface area contributed by atoms with E-state index in [1.807, 2.05) is 12.4 Å². The number of hydrogen-bond donors (Lipinski definition) is 1. The summed E-state index contributed by atoms with van der Waals surface area (Å²) < 4.78 is 0. The summed E-state index contributed by atoms with van der Waals surface area (Å²) in [7, 11) is 0. The van der Waals surface area contributed by atoms with Crippen molar-refractivity contribution in [2.75, 3.05) is 13.2 Å². The molecule has 1 aliphatic heterocycles. The number of rotatable bonds is 3. The molecule has 2 heterocycles. The molecule has 1 aromatic heterocycles. The molecule has 0 aliphatic carbocycles. The van der Waals surface area contributed by atoms with E-state index in [1.54, 1.807) is 0 Å². The highest BCUT2D eigenvalue weighted by atomic mass is 16.3. The number of aryl methyl sites for hydroxylation is 1. The van der Waals surface area contributed by atoms with Gasteiger partial charge in [-0.25, -0.2) is 0 Å². The number of hydrogen-bond acceptors (Lipinski definition) is 3. The van der Waals surface area contributed by atoms with Crippen LogP contribution < -0.4 is 0 Å². The summed E-state index contributed by atoms with van der Waals surface area (Å²) in [6.45, 7) is 4.36. The lowest BCUT2D eigenvalue weighted by Crippen LogP contribution is -2.41. The second kappa shape index (κ2) is 5.41. The molecule has 0 aromatic carbocycles. The fourth-order valence-electron chi connectivity index (χ4n) is 2.41. The van der Waals surface area contributed by atoms with E-state index in [9.17, 15) is 5.11 Å². The minimum atomic E-state index is 0.277. The average Bonchev–Trinajstić information content (AvgIpc) is 2.30. The maximum Gasteiger partial charge on any atom is 0.0586 e. The van der Waals surface area contributed by atoms with Gasteiger partial charge in [-0.15, -0.1) is 0 Å². The van der Waals surface area contributed by atoms with Gasteiger partial charge in [0.15, 0.2) is 0 Å². The number of pyridine rings is 1. The Hall–Kier alpha value is -0.930. The van der Waals surface area contributed by atoms with Gasteiger partial charge < -0.3 is 5.11 Å². The molecule has 1 fully saturated rings. The molecule has 0 radical (unpaired) electrons. The van der Waals surface area contributed by atoms with E-state index in [0.29, 0.717) is 6.04 Å². The van der Waals surface area contributed by atoms with Crippen molar-refractivity contribution in [3.8, 4) is 0 Å². The number of aliphatic hydroxyl groups is 1. The molecule has 0 amide bonds. The zero-order valence-electron chi connectivity index (χ0n) is 9.89. The quantitative estimate of drug-likeness (QED) is 0.843. The summed E-state index contributed by atoms with van der Waals surface area (Å²) in [4.78, 5) is 6.59. The predicted molar refractivity (Wildman–Crippen MR) is 64.1 cm³/mol. The normalized spacial score (nSPS) is 22.2. The fraction of sp³-hybridized carbons (Fsp3) is 0.615. The van der Waals surface area contributed by atoms with Crippen LogP contribution in [0.2, 0.25) is 0 Å². The van der Waals surface area contributed by atoms with Gasteiger partial charge in [-0.2, -0.15) is 0 Å². The minimum Gasteiger partial charge on any atom is -0.395 e. The minimum absolute atomic E-state index is 0.277. The van der Waals surface area contributed by atoms with Crippen molar-refractivity contribution < 1.29 is 5.11 Å². The first-order chi connectivity index (χ1) is 7.79. The first-order valence-electron chi connectivity index (χ1n) is 6.05. The molecule has 0 bridgehead atoms. The van der Waals surface area contributed by atoms with Crippen LogP contribution in [0, 0.1) is 6.92 Å². The van der Waals surface area contributed by atoms with Crippen LogP contribution in [0.15, 0.2) is 18.5 Å². The molecule has 1 N–H and O–H groups in total. The molecule has 1 aliphatic rings. The highest BCUT2D eigenvalue weighted by molar-refractivity contribution is 5.16. The summed E-state index contributed by atoms with van der Waals surface area (Å²) in [6.07, 6.45) is 7.42. The Bertz CT molecular complexity index is 340. The standard InChI is InChI=1S/C13H20N2O/c1-11-6-12(8-14-7-11)9-15-5-3-2-4-13(15)10-16/h6-8,13,16H,2-5,9-10H2,1H3. The fourth-order valence-corrected chi connectivity index (χ4v) is 2.41. The average molecular weight is 220 g/mol. The van der Waals surface area contributed by atoms with Crippen molar-refractivity contribution >= 4 is 0 Å². The topological polar surface area (TPSA) is 36.4 Å².